The normalized spacial score (nSPS) is 17.0. The van der Waals surface area contributed by atoms with Gasteiger partial charge < -0.3 is 19.9 Å². The molecule has 440 valence electrons. The second kappa shape index (κ2) is 22.4. The van der Waals surface area contributed by atoms with Gasteiger partial charge in [0.15, 0.2) is 0 Å². The highest BCUT2D eigenvalue weighted by Crippen LogP contribution is 2.49. The van der Waals surface area contributed by atoms with Gasteiger partial charge in [-0.3, -0.25) is 4.90 Å². The quantitative estimate of drug-likeness (QED) is 0.131. The van der Waals surface area contributed by atoms with E-state index < -0.39 is 112 Å². The van der Waals surface area contributed by atoms with Crippen LogP contribution in [-0.4, -0.2) is 78.3 Å². The van der Waals surface area contributed by atoms with Crippen LogP contribution in [0.5, 0.6) is 0 Å². The van der Waals surface area contributed by atoms with Crippen LogP contribution in [0.15, 0.2) is 72.8 Å². The molecule has 0 bridgehead atoms. The number of fused-ring (bicyclic) bond motifs is 2. The molecule has 1 N–H and O–H groups in total. The predicted octanol–water partition coefficient (Wildman–Crippen LogP) is 13.3. The number of benzene rings is 4. The topological polar surface area (TPSA) is 135 Å². The van der Waals surface area contributed by atoms with Crippen molar-refractivity contribution in [3.8, 4) is 0 Å². The van der Waals surface area contributed by atoms with Crippen molar-refractivity contribution in [1.29, 1.82) is 0 Å². The summed E-state index contributed by atoms with van der Waals surface area (Å²) in [7, 11) is 2.64. The second-order valence-electron chi connectivity index (χ2n) is 19.1. The molecule has 6 aromatic rings. The van der Waals surface area contributed by atoms with Crippen molar-refractivity contribution in [2.45, 2.75) is 102 Å². The summed E-state index contributed by atoms with van der Waals surface area (Å²) < 4.78 is 252. The molecule has 2 aromatic heterocycles. The third-order valence-electron chi connectivity index (χ3n) is 12.8. The number of hydrogen-bond donors (Lipinski definition) is 1. The third-order valence-corrected chi connectivity index (χ3v) is 12.8. The van der Waals surface area contributed by atoms with Gasteiger partial charge in [0.25, 0.3) is 0 Å². The summed E-state index contributed by atoms with van der Waals surface area (Å²) in [6, 6.07) is 2.67. The highest BCUT2D eigenvalue weighted by molar-refractivity contribution is 5.95. The Bertz CT molecular complexity index is 3140. The van der Waals surface area contributed by atoms with Gasteiger partial charge in [0, 0.05) is 19.1 Å². The van der Waals surface area contributed by atoms with E-state index in [-0.39, 0.29) is 78.6 Å². The molecule has 0 saturated carbocycles. The van der Waals surface area contributed by atoms with Crippen molar-refractivity contribution in [2.24, 2.45) is 20.0 Å². The van der Waals surface area contributed by atoms with E-state index in [1.165, 1.54) is 25.1 Å². The molecule has 4 aromatic carbocycles. The Labute approximate surface area is 447 Å². The van der Waals surface area contributed by atoms with Gasteiger partial charge in [0.2, 0.25) is 11.6 Å². The molecule has 1 amide bonds. The number of tetrazole rings is 2. The molecule has 8 rings (SSSR count). The van der Waals surface area contributed by atoms with Gasteiger partial charge in [0.1, 0.15) is 12.1 Å². The molecule has 2 aliphatic heterocycles. The maximum absolute atomic E-state index is 13.9. The van der Waals surface area contributed by atoms with Gasteiger partial charge in [0.05, 0.1) is 82.9 Å². The predicted molar refractivity (Wildman–Crippen MR) is 252 cm³/mol. The Morgan fingerprint density at radius 2 is 0.951 bits per heavy atom. The van der Waals surface area contributed by atoms with Crippen molar-refractivity contribution < 1.29 is 88.6 Å². The number of nitrogens with zero attached hydrogens (tertiary/aromatic N) is 11. The van der Waals surface area contributed by atoms with Crippen LogP contribution < -0.4 is 20.0 Å². The van der Waals surface area contributed by atoms with Crippen LogP contribution in [0.1, 0.15) is 109 Å². The zero-order chi connectivity index (χ0) is 60.1. The van der Waals surface area contributed by atoms with E-state index in [2.05, 4.69) is 36.1 Å². The largest absolute Gasteiger partial charge is 0.449 e. The number of aryl methyl sites for hydroxylation is 2. The molecule has 4 unspecified atom stereocenters. The first kappa shape index (κ1) is 61.1. The van der Waals surface area contributed by atoms with Crippen LogP contribution in [0.4, 0.5) is 107 Å². The summed E-state index contributed by atoms with van der Waals surface area (Å²) in [5, 5.41) is 26.0. The minimum atomic E-state index is -5.21. The molecule has 0 saturated heterocycles. The van der Waals surface area contributed by atoms with Crippen LogP contribution in [0.25, 0.3) is 0 Å². The first-order valence-corrected chi connectivity index (χ1v) is 24.1. The van der Waals surface area contributed by atoms with Gasteiger partial charge in [-0.25, -0.2) is 4.79 Å². The summed E-state index contributed by atoms with van der Waals surface area (Å²) in [5.41, 5.74) is -10.00. The second-order valence-corrected chi connectivity index (χ2v) is 19.1. The van der Waals surface area contributed by atoms with Crippen LogP contribution in [-0.2, 0) is 55.9 Å². The fraction of sp³-hybridized carbons (Fsp3) is 0.449. The Kier molecular flexibility index (Phi) is 16.9. The van der Waals surface area contributed by atoms with E-state index in [0.717, 1.165) is 43.7 Å². The number of ether oxygens (including phenoxy) is 1. The number of amides is 1. The fourth-order valence-corrected chi connectivity index (χ4v) is 9.02. The third kappa shape index (κ3) is 13.8. The summed E-state index contributed by atoms with van der Waals surface area (Å²) in [5.74, 6) is -0.743. The van der Waals surface area contributed by atoms with Crippen molar-refractivity contribution in [3.63, 3.8) is 0 Å². The maximum Gasteiger partial charge on any atom is 0.416 e. The van der Waals surface area contributed by atoms with E-state index in [1.54, 1.807) is 27.7 Å². The van der Waals surface area contributed by atoms with Gasteiger partial charge in [-0.1, -0.05) is 27.7 Å². The van der Waals surface area contributed by atoms with Crippen LogP contribution in [0, 0.1) is 5.92 Å². The number of carbonyl (C=O) groups is 1. The first-order valence-electron chi connectivity index (χ1n) is 24.1. The summed E-state index contributed by atoms with van der Waals surface area (Å²) in [6.07, 6.45) is -30.5. The van der Waals surface area contributed by atoms with Crippen LogP contribution in [0.3, 0.4) is 0 Å². The minimum Gasteiger partial charge on any atom is -0.449 e. The zero-order valence-corrected chi connectivity index (χ0v) is 42.9. The Balaban J connectivity index is 0.000000237. The fourth-order valence-electron chi connectivity index (χ4n) is 9.02. The summed E-state index contributed by atoms with van der Waals surface area (Å²) >= 11 is 0. The molecule has 0 fully saturated rings. The lowest BCUT2D eigenvalue weighted by Crippen LogP contribution is -2.53. The highest BCUT2D eigenvalue weighted by atomic mass is 19.4. The number of carbonyl (C=O) groups excluding carboxylic acids is 1. The molecular weight excluding hydrogens is 1130 g/mol. The maximum atomic E-state index is 13.9. The van der Waals surface area contributed by atoms with Crippen molar-refractivity contribution in [1.82, 2.24) is 40.4 Å². The Morgan fingerprint density at radius 1 is 0.543 bits per heavy atom. The molecule has 32 heteroatoms. The van der Waals surface area contributed by atoms with Crippen molar-refractivity contribution in [3.05, 3.63) is 129 Å². The van der Waals surface area contributed by atoms with Gasteiger partial charge >= 0.3 is 43.2 Å². The molecular formula is C49H46F18N12O2. The molecule has 81 heavy (non-hydrogen) atoms. The van der Waals surface area contributed by atoms with Crippen LogP contribution in [0.2, 0.25) is 0 Å². The number of anilines is 4. The lowest BCUT2D eigenvalue weighted by Gasteiger charge is -2.45. The number of aromatic nitrogens is 8. The van der Waals surface area contributed by atoms with Crippen LogP contribution >= 0.6 is 0 Å². The zero-order valence-electron chi connectivity index (χ0n) is 42.9. The molecule has 4 heterocycles. The summed E-state index contributed by atoms with van der Waals surface area (Å²) in [6.45, 7) is 6.56. The average molecular weight is 1180 g/mol. The van der Waals surface area contributed by atoms with E-state index in [1.807, 2.05) is 0 Å². The number of halogens is 18. The van der Waals surface area contributed by atoms with Gasteiger partial charge in [-0.2, -0.15) is 88.6 Å². The minimum absolute atomic E-state index is 0.0119. The highest BCUT2D eigenvalue weighted by Gasteiger charge is 2.46. The molecule has 2 aliphatic rings. The van der Waals surface area contributed by atoms with Crippen molar-refractivity contribution in [2.75, 3.05) is 39.7 Å². The monoisotopic (exact) mass is 1180 g/mol. The number of hydrogen-bond acceptors (Lipinski definition) is 11. The number of alkyl halides is 18. The average Bonchev–Trinajstić information content (AvgIpc) is 4.02. The standard InChI is InChI=1S/C27H27F9N6O2.C22H19F9N6/c1-5-19-12-41(21-11-16(25(28,29)30)6-7-20(21)42(19)24(43)44-13-14(2)3)22(23-37-39-40(4)38-23)15-8-17(26(31,32)33)10-18(9-15)27(34,35)36;1-3-15-10-37(17-9-12(20(23,24)25)4-5-16(17)32-15)18(19-33-35-36(2)34-19)11-6-13(21(26,27)28)8-14(7-11)22(29,30)31/h6-11,14,19,22H,5,12-13H2,1-4H3;4-9,15,18,32H,3,10H2,1-2H3. The summed E-state index contributed by atoms with van der Waals surface area (Å²) in [4.78, 5) is 18.7. The van der Waals surface area contributed by atoms with E-state index >= 15 is 0 Å². The van der Waals surface area contributed by atoms with E-state index in [9.17, 15) is 83.8 Å². The molecule has 0 spiro atoms. The number of rotatable bonds is 10. The number of nitrogens with one attached hydrogen (secondary N) is 1. The molecule has 0 radical (unpaired) electrons. The molecule has 14 nitrogen and oxygen atoms in total. The van der Waals surface area contributed by atoms with Crippen molar-refractivity contribution >= 4 is 28.8 Å². The molecule has 4 atom stereocenters. The van der Waals surface area contributed by atoms with E-state index in [4.69, 9.17) is 4.74 Å². The lowest BCUT2D eigenvalue weighted by molar-refractivity contribution is -0.144. The SMILES string of the molecule is CCC1CN(C(c2cc(C(F)(F)F)cc(C(F)(F)F)c2)c2nnn(C)n2)c2cc(C(F)(F)F)ccc2N1.CCC1CN(C(c2cc(C(F)(F)F)cc(C(F)(F)F)c2)c2nnn(C)n2)c2cc(C(F)(F)F)ccc2N1C(=O)OCC(C)C. The smallest absolute Gasteiger partial charge is 0.416 e. The van der Waals surface area contributed by atoms with Gasteiger partial charge in [-0.05, 0) is 113 Å². The van der Waals surface area contributed by atoms with Gasteiger partial charge in [-0.15, -0.1) is 20.4 Å². The Hall–Kier alpha value is -7.57. The lowest BCUT2D eigenvalue weighted by atomic mass is 9.94. The Morgan fingerprint density at radius 3 is 1.32 bits per heavy atom. The first-order chi connectivity index (χ1) is 37.4. The van der Waals surface area contributed by atoms with E-state index in [0.29, 0.717) is 36.8 Å². The molecule has 0 aliphatic carbocycles.